The second kappa shape index (κ2) is 6.48. The van der Waals surface area contributed by atoms with E-state index in [2.05, 4.69) is 11.9 Å². The van der Waals surface area contributed by atoms with E-state index in [1.54, 1.807) is 6.21 Å². The van der Waals surface area contributed by atoms with Crippen LogP contribution in [0.2, 0.25) is 0 Å². The summed E-state index contributed by atoms with van der Waals surface area (Å²) in [4.78, 5) is 4.42. The molecule has 3 rings (SSSR count). The van der Waals surface area contributed by atoms with Crippen LogP contribution in [0.1, 0.15) is 12.0 Å². The molecule has 0 spiro atoms. The molecule has 3 nitrogen and oxygen atoms in total. The van der Waals surface area contributed by atoms with Gasteiger partial charge in [0.15, 0.2) is 9.84 Å². The largest absolute Gasteiger partial charge is 0.297 e. The molecule has 0 aliphatic carbocycles. The molecule has 1 radical (unpaired) electrons. The zero-order chi connectivity index (χ0) is 17.2. The SMILES string of the molecule is [CH2][C@@]1(Cc2ccccc2)CN=CCC1S(=O)(=O)c1ccc(F)cc1. The smallest absolute Gasteiger partial charge is 0.182 e. The Hall–Kier alpha value is -2.01. The van der Waals surface area contributed by atoms with Gasteiger partial charge in [0, 0.05) is 24.6 Å². The van der Waals surface area contributed by atoms with E-state index in [-0.39, 0.29) is 4.90 Å². The number of rotatable bonds is 4. The third-order valence-corrected chi connectivity index (χ3v) is 6.82. The number of halogens is 1. The van der Waals surface area contributed by atoms with E-state index in [0.717, 1.165) is 5.56 Å². The molecule has 0 saturated heterocycles. The fraction of sp³-hybridized carbons (Fsp3) is 0.263. The van der Waals surface area contributed by atoms with Gasteiger partial charge >= 0.3 is 0 Å². The van der Waals surface area contributed by atoms with Gasteiger partial charge in [-0.05, 0) is 43.2 Å². The normalized spacial score (nSPS) is 24.0. The summed E-state index contributed by atoms with van der Waals surface area (Å²) in [5.41, 5.74) is 0.285. The van der Waals surface area contributed by atoms with Crippen molar-refractivity contribution < 1.29 is 12.8 Å². The summed E-state index contributed by atoms with van der Waals surface area (Å²) in [7, 11) is -3.63. The number of hydrogen-bond donors (Lipinski definition) is 0. The minimum atomic E-state index is -3.63. The first kappa shape index (κ1) is 16.8. The van der Waals surface area contributed by atoms with Crippen molar-refractivity contribution in [3.8, 4) is 0 Å². The van der Waals surface area contributed by atoms with Crippen LogP contribution in [0.5, 0.6) is 0 Å². The predicted octanol–water partition coefficient (Wildman–Crippen LogP) is 3.51. The second-order valence-corrected chi connectivity index (χ2v) is 8.40. The quantitative estimate of drug-likeness (QED) is 0.797. The fourth-order valence-corrected chi connectivity index (χ4v) is 5.18. The molecule has 0 bridgehead atoms. The number of hydrogen-bond acceptors (Lipinski definition) is 3. The molecule has 2 atom stereocenters. The molecule has 5 heteroatoms. The lowest BCUT2D eigenvalue weighted by Crippen LogP contribution is -2.45. The lowest BCUT2D eigenvalue weighted by molar-refractivity contribution is 0.351. The molecule has 2 aromatic carbocycles. The van der Waals surface area contributed by atoms with Crippen LogP contribution in [0, 0.1) is 18.2 Å². The Morgan fingerprint density at radius 3 is 2.46 bits per heavy atom. The van der Waals surface area contributed by atoms with Crippen molar-refractivity contribution in [2.75, 3.05) is 6.54 Å². The summed E-state index contributed by atoms with van der Waals surface area (Å²) < 4.78 is 39.3. The third kappa shape index (κ3) is 3.26. The van der Waals surface area contributed by atoms with Gasteiger partial charge in [-0.3, -0.25) is 4.99 Å². The average molecular weight is 344 g/mol. The minimum Gasteiger partial charge on any atom is -0.297 e. The molecular weight excluding hydrogens is 325 g/mol. The second-order valence-electron chi connectivity index (χ2n) is 6.27. The first-order valence-corrected chi connectivity index (χ1v) is 9.33. The Morgan fingerprint density at radius 2 is 1.79 bits per heavy atom. The molecule has 24 heavy (non-hydrogen) atoms. The fourth-order valence-electron chi connectivity index (χ4n) is 3.18. The molecule has 0 saturated carbocycles. The highest BCUT2D eigenvalue weighted by Gasteiger charge is 2.44. The van der Waals surface area contributed by atoms with Gasteiger partial charge in [0.05, 0.1) is 10.1 Å². The summed E-state index contributed by atoms with van der Waals surface area (Å²) in [5.74, 6) is -0.454. The Morgan fingerprint density at radius 1 is 1.12 bits per heavy atom. The number of aliphatic imine (C=N–C) groups is 1. The number of nitrogens with zero attached hydrogens (tertiary/aromatic N) is 1. The maximum atomic E-state index is 13.1. The summed E-state index contributed by atoms with van der Waals surface area (Å²) >= 11 is 0. The van der Waals surface area contributed by atoms with Gasteiger partial charge in [-0.25, -0.2) is 12.8 Å². The van der Waals surface area contributed by atoms with Crippen molar-refractivity contribution in [1.82, 2.24) is 0 Å². The summed E-state index contributed by atoms with van der Waals surface area (Å²) in [6.07, 6.45) is 2.49. The zero-order valence-electron chi connectivity index (χ0n) is 13.2. The molecule has 1 unspecified atom stereocenters. The van der Waals surface area contributed by atoms with E-state index >= 15 is 0 Å². The van der Waals surface area contributed by atoms with Crippen LogP contribution in [-0.4, -0.2) is 26.4 Å². The molecule has 0 aromatic heterocycles. The summed E-state index contributed by atoms with van der Waals surface area (Å²) in [6.45, 7) is 4.60. The molecule has 1 aliphatic rings. The number of sulfone groups is 1. The van der Waals surface area contributed by atoms with Crippen molar-refractivity contribution in [3.05, 3.63) is 72.9 Å². The van der Waals surface area contributed by atoms with Crippen LogP contribution < -0.4 is 0 Å². The summed E-state index contributed by atoms with van der Waals surface area (Å²) in [6, 6.07) is 14.7. The minimum absolute atomic E-state index is 0.130. The van der Waals surface area contributed by atoms with Crippen molar-refractivity contribution in [2.45, 2.75) is 23.0 Å². The molecule has 0 amide bonds. The molecule has 1 heterocycles. The zero-order valence-corrected chi connectivity index (χ0v) is 14.0. The van der Waals surface area contributed by atoms with E-state index in [0.29, 0.717) is 19.4 Å². The van der Waals surface area contributed by atoms with E-state index in [9.17, 15) is 12.8 Å². The maximum Gasteiger partial charge on any atom is 0.182 e. The van der Waals surface area contributed by atoms with E-state index < -0.39 is 26.3 Å². The highest BCUT2D eigenvalue weighted by Crippen LogP contribution is 2.38. The van der Waals surface area contributed by atoms with Gasteiger partial charge in [-0.1, -0.05) is 30.3 Å². The van der Waals surface area contributed by atoms with Crippen molar-refractivity contribution in [1.29, 1.82) is 0 Å². The Kier molecular flexibility index (Phi) is 4.54. The van der Waals surface area contributed by atoms with Gasteiger partial charge in [0.25, 0.3) is 0 Å². The van der Waals surface area contributed by atoms with Crippen molar-refractivity contribution >= 4 is 16.1 Å². The lowest BCUT2D eigenvalue weighted by atomic mass is 9.78. The maximum absolute atomic E-state index is 13.1. The van der Waals surface area contributed by atoms with Crippen molar-refractivity contribution in [3.63, 3.8) is 0 Å². The van der Waals surface area contributed by atoms with Gasteiger partial charge in [-0.2, -0.15) is 0 Å². The standard InChI is InChI=1S/C19H19FNO2S/c1-19(13-15-5-3-2-4-6-15)14-21-12-11-18(19)24(22,23)17-9-7-16(20)8-10-17/h2-10,12,18H,1,11,13-14H2/t18?,19-/m1/s1. The van der Waals surface area contributed by atoms with Crippen LogP contribution in [0.25, 0.3) is 0 Å². The Labute approximate surface area is 142 Å². The molecular formula is C19H19FNO2S. The first-order valence-electron chi connectivity index (χ1n) is 7.79. The predicted molar refractivity (Wildman–Crippen MR) is 93.3 cm³/mol. The van der Waals surface area contributed by atoms with Crippen LogP contribution >= 0.6 is 0 Å². The summed E-state index contributed by atoms with van der Waals surface area (Å²) in [5, 5.41) is -0.687. The van der Waals surface area contributed by atoms with Crippen LogP contribution in [-0.2, 0) is 16.3 Å². The first-order chi connectivity index (χ1) is 11.4. The Balaban J connectivity index is 1.97. The third-order valence-electron chi connectivity index (χ3n) is 4.45. The molecule has 0 N–H and O–H groups in total. The average Bonchev–Trinajstić information content (AvgIpc) is 2.56. The Bertz CT molecular complexity index is 831. The van der Waals surface area contributed by atoms with Gasteiger partial charge in [-0.15, -0.1) is 0 Å². The van der Waals surface area contributed by atoms with E-state index in [1.807, 2.05) is 30.3 Å². The molecule has 0 fully saturated rings. The number of benzene rings is 2. The van der Waals surface area contributed by atoms with Crippen molar-refractivity contribution in [2.24, 2.45) is 10.4 Å². The van der Waals surface area contributed by atoms with Gasteiger partial charge in [0.2, 0.25) is 0 Å². The van der Waals surface area contributed by atoms with Gasteiger partial charge < -0.3 is 0 Å². The van der Waals surface area contributed by atoms with Crippen LogP contribution in [0.3, 0.4) is 0 Å². The molecule has 2 aromatic rings. The molecule has 125 valence electrons. The van der Waals surface area contributed by atoms with Crippen LogP contribution in [0.4, 0.5) is 4.39 Å². The molecule has 1 aliphatic heterocycles. The lowest BCUT2D eigenvalue weighted by Gasteiger charge is -2.38. The highest BCUT2D eigenvalue weighted by molar-refractivity contribution is 7.92. The van der Waals surface area contributed by atoms with E-state index in [1.165, 1.54) is 24.3 Å². The highest BCUT2D eigenvalue weighted by atomic mass is 32.2. The monoisotopic (exact) mass is 344 g/mol. The topological polar surface area (TPSA) is 46.5 Å². The van der Waals surface area contributed by atoms with E-state index in [4.69, 9.17) is 0 Å². The van der Waals surface area contributed by atoms with Crippen LogP contribution in [0.15, 0.2) is 64.5 Å². The van der Waals surface area contributed by atoms with Gasteiger partial charge in [0.1, 0.15) is 5.82 Å².